The third-order valence-corrected chi connectivity index (χ3v) is 6.13. The zero-order valence-corrected chi connectivity index (χ0v) is 12.7. The minimum absolute atomic E-state index is 0.0614. The van der Waals surface area contributed by atoms with Gasteiger partial charge in [-0.2, -0.15) is 4.31 Å². The molecule has 6 nitrogen and oxygen atoms in total. The Labute approximate surface area is 120 Å². The maximum absolute atomic E-state index is 12.9. The molecule has 2 aliphatic rings. The van der Waals surface area contributed by atoms with Crippen LogP contribution < -0.4 is 5.32 Å². The number of hydrogen-bond donors (Lipinski definition) is 1. The molecular weight excluding hydrogens is 276 g/mol. The molecule has 20 heavy (non-hydrogen) atoms. The molecule has 0 aliphatic carbocycles. The maximum atomic E-state index is 12.9. The molecule has 1 atom stereocenters. The summed E-state index contributed by atoms with van der Waals surface area (Å²) in [6, 6.07) is 0.0614. The van der Waals surface area contributed by atoms with Crippen molar-refractivity contribution in [1.82, 2.24) is 19.2 Å². The van der Waals surface area contributed by atoms with Gasteiger partial charge in [-0.05, 0) is 12.8 Å². The lowest BCUT2D eigenvalue weighted by atomic mass is 10.1. The van der Waals surface area contributed by atoms with Crippen LogP contribution in [0, 0.1) is 0 Å². The molecular formula is C13H22N4O2S. The van der Waals surface area contributed by atoms with Crippen LogP contribution in [0.2, 0.25) is 0 Å². The van der Waals surface area contributed by atoms with Crippen LogP contribution in [0.1, 0.15) is 32.0 Å². The highest BCUT2D eigenvalue weighted by Gasteiger charge is 2.36. The summed E-state index contributed by atoms with van der Waals surface area (Å²) in [5.41, 5.74) is 0. The monoisotopic (exact) mass is 298 g/mol. The fourth-order valence-corrected chi connectivity index (χ4v) is 5.00. The van der Waals surface area contributed by atoms with Gasteiger partial charge >= 0.3 is 0 Å². The Morgan fingerprint density at radius 2 is 2.30 bits per heavy atom. The number of nitrogens with zero attached hydrogens (tertiary/aromatic N) is 3. The topological polar surface area (TPSA) is 67.2 Å². The molecule has 0 bridgehead atoms. The van der Waals surface area contributed by atoms with Gasteiger partial charge in [-0.25, -0.2) is 13.4 Å². The van der Waals surface area contributed by atoms with Gasteiger partial charge in [-0.15, -0.1) is 0 Å². The average molecular weight is 298 g/mol. The summed E-state index contributed by atoms with van der Waals surface area (Å²) in [7, 11) is -3.42. The largest absolute Gasteiger partial charge is 0.318 e. The van der Waals surface area contributed by atoms with Crippen molar-refractivity contribution in [3.63, 3.8) is 0 Å². The van der Waals surface area contributed by atoms with Crippen LogP contribution in [0.4, 0.5) is 0 Å². The van der Waals surface area contributed by atoms with Crippen molar-refractivity contribution in [2.24, 2.45) is 0 Å². The summed E-state index contributed by atoms with van der Waals surface area (Å²) in [5.74, 6) is 0.908. The van der Waals surface area contributed by atoms with Gasteiger partial charge < -0.3 is 9.88 Å². The van der Waals surface area contributed by atoms with E-state index in [1.54, 1.807) is 4.31 Å². The van der Waals surface area contributed by atoms with Gasteiger partial charge in [0.25, 0.3) is 10.0 Å². The van der Waals surface area contributed by atoms with Crippen molar-refractivity contribution in [1.29, 1.82) is 0 Å². The van der Waals surface area contributed by atoms with Gasteiger partial charge in [0.1, 0.15) is 5.82 Å². The van der Waals surface area contributed by atoms with E-state index in [1.165, 1.54) is 6.20 Å². The van der Waals surface area contributed by atoms with E-state index in [4.69, 9.17) is 0 Å². The normalized spacial score (nSPS) is 23.9. The number of imidazole rings is 1. The van der Waals surface area contributed by atoms with Crippen molar-refractivity contribution in [3.05, 3.63) is 12.0 Å². The van der Waals surface area contributed by atoms with Gasteiger partial charge in [0.15, 0.2) is 5.03 Å². The molecule has 0 amide bonds. The van der Waals surface area contributed by atoms with Crippen LogP contribution in [0.25, 0.3) is 0 Å². The molecule has 1 aromatic heterocycles. The highest BCUT2D eigenvalue weighted by atomic mass is 32.2. The van der Waals surface area contributed by atoms with E-state index in [1.807, 2.05) is 4.57 Å². The number of nitrogens with one attached hydrogen (secondary N) is 1. The maximum Gasteiger partial charge on any atom is 0.260 e. The lowest BCUT2D eigenvalue weighted by Gasteiger charge is -2.35. The van der Waals surface area contributed by atoms with Crippen molar-refractivity contribution in [3.8, 4) is 0 Å². The van der Waals surface area contributed by atoms with E-state index in [9.17, 15) is 8.42 Å². The van der Waals surface area contributed by atoms with Crippen LogP contribution in [0.5, 0.6) is 0 Å². The molecule has 112 valence electrons. The van der Waals surface area contributed by atoms with Gasteiger partial charge in [-0.1, -0.05) is 13.3 Å². The molecule has 0 radical (unpaired) electrons. The molecule has 0 saturated carbocycles. The lowest BCUT2D eigenvalue weighted by Crippen LogP contribution is -2.53. The van der Waals surface area contributed by atoms with Crippen molar-refractivity contribution in [2.45, 2.75) is 50.2 Å². The SMILES string of the molecule is CCCC1CNCCN1S(=O)(=O)c1cnc2n1CCC2. The Kier molecular flexibility index (Phi) is 3.83. The molecule has 1 unspecified atom stereocenters. The van der Waals surface area contributed by atoms with Gasteiger partial charge in [0.05, 0.1) is 6.20 Å². The Morgan fingerprint density at radius 3 is 3.10 bits per heavy atom. The highest BCUT2D eigenvalue weighted by molar-refractivity contribution is 7.89. The molecule has 1 saturated heterocycles. The molecule has 3 rings (SSSR count). The van der Waals surface area contributed by atoms with E-state index < -0.39 is 10.0 Å². The summed E-state index contributed by atoms with van der Waals surface area (Å²) in [6.07, 6.45) is 5.30. The number of aromatic nitrogens is 2. The van der Waals surface area contributed by atoms with Crippen molar-refractivity contribution in [2.75, 3.05) is 19.6 Å². The molecule has 1 fully saturated rings. The quantitative estimate of drug-likeness (QED) is 0.883. The molecule has 0 aromatic carbocycles. The first-order valence-electron chi connectivity index (χ1n) is 7.41. The summed E-state index contributed by atoms with van der Waals surface area (Å²) < 4.78 is 29.4. The number of fused-ring (bicyclic) bond motifs is 1. The zero-order valence-electron chi connectivity index (χ0n) is 11.9. The van der Waals surface area contributed by atoms with Crippen LogP contribution >= 0.6 is 0 Å². The Hall–Kier alpha value is -0.920. The smallest absolute Gasteiger partial charge is 0.260 e. The third-order valence-electron chi connectivity index (χ3n) is 4.17. The summed E-state index contributed by atoms with van der Waals surface area (Å²) in [6.45, 7) is 4.88. The fraction of sp³-hybridized carbons (Fsp3) is 0.769. The second kappa shape index (κ2) is 5.46. The number of rotatable bonds is 4. The number of sulfonamides is 1. The summed E-state index contributed by atoms with van der Waals surface area (Å²) in [5, 5.41) is 3.67. The minimum atomic E-state index is -3.42. The van der Waals surface area contributed by atoms with Crippen molar-refractivity contribution >= 4 is 10.0 Å². The van der Waals surface area contributed by atoms with Gasteiger partial charge in [0.2, 0.25) is 0 Å². The molecule has 7 heteroatoms. The highest BCUT2D eigenvalue weighted by Crippen LogP contribution is 2.25. The van der Waals surface area contributed by atoms with E-state index in [-0.39, 0.29) is 6.04 Å². The second-order valence-electron chi connectivity index (χ2n) is 5.53. The van der Waals surface area contributed by atoms with E-state index >= 15 is 0 Å². The van der Waals surface area contributed by atoms with Crippen LogP contribution in [-0.4, -0.2) is 48.0 Å². The molecule has 0 spiro atoms. The predicted octanol–water partition coefficient (Wildman–Crippen LogP) is 0.592. The fourth-order valence-electron chi connectivity index (χ4n) is 3.19. The Bertz CT molecular complexity index is 579. The first-order chi connectivity index (χ1) is 9.64. The summed E-state index contributed by atoms with van der Waals surface area (Å²) >= 11 is 0. The first-order valence-corrected chi connectivity index (χ1v) is 8.85. The predicted molar refractivity (Wildman–Crippen MR) is 76.0 cm³/mol. The number of piperazine rings is 1. The molecule has 2 aliphatic heterocycles. The molecule has 3 heterocycles. The summed E-state index contributed by atoms with van der Waals surface area (Å²) in [4.78, 5) is 4.27. The standard InChI is InChI=1S/C13H22N4O2S/c1-2-4-11-9-14-6-8-17(11)20(18,19)13-10-15-12-5-3-7-16(12)13/h10-11,14H,2-9H2,1H3. The number of hydrogen-bond acceptors (Lipinski definition) is 4. The van der Waals surface area contributed by atoms with Crippen LogP contribution in [0.15, 0.2) is 11.2 Å². The van der Waals surface area contributed by atoms with Crippen LogP contribution in [0.3, 0.4) is 0 Å². The zero-order chi connectivity index (χ0) is 14.2. The molecule has 1 aromatic rings. The van der Waals surface area contributed by atoms with Crippen molar-refractivity contribution < 1.29 is 8.42 Å². The van der Waals surface area contributed by atoms with E-state index in [2.05, 4.69) is 17.2 Å². The lowest BCUT2D eigenvalue weighted by molar-refractivity contribution is 0.253. The Balaban J connectivity index is 1.93. The average Bonchev–Trinajstić information content (AvgIpc) is 3.01. The Morgan fingerprint density at radius 1 is 1.45 bits per heavy atom. The minimum Gasteiger partial charge on any atom is -0.318 e. The third kappa shape index (κ3) is 2.27. The van der Waals surface area contributed by atoms with Gasteiger partial charge in [0, 0.05) is 38.6 Å². The second-order valence-corrected chi connectivity index (χ2v) is 7.37. The van der Waals surface area contributed by atoms with E-state index in [0.29, 0.717) is 11.6 Å². The van der Waals surface area contributed by atoms with E-state index in [0.717, 1.165) is 51.1 Å². The number of aryl methyl sites for hydroxylation is 1. The molecule has 1 N–H and O–H groups in total. The van der Waals surface area contributed by atoms with Gasteiger partial charge in [-0.3, -0.25) is 0 Å². The first kappa shape index (κ1) is 14.0. The van der Waals surface area contributed by atoms with Crippen LogP contribution in [-0.2, 0) is 23.0 Å².